The van der Waals surface area contributed by atoms with Gasteiger partial charge in [0.15, 0.2) is 0 Å². The average Bonchev–Trinajstić information content (AvgIpc) is 2.38. The van der Waals surface area contributed by atoms with Gasteiger partial charge in [-0.25, -0.2) is 9.97 Å². The topological polar surface area (TPSA) is 61.0 Å². The smallest absolute Gasteiger partial charge is 0.321 e. The van der Waals surface area contributed by atoms with E-state index in [2.05, 4.69) is 9.97 Å². The number of hydrogen-bond donors (Lipinski definition) is 1. The predicted octanol–water partition coefficient (Wildman–Crippen LogP) is 2.39. The second kappa shape index (κ2) is 5.60. The molecule has 0 spiro atoms. The van der Waals surface area contributed by atoms with Gasteiger partial charge in [-0.3, -0.25) is 0 Å². The molecule has 2 N–H and O–H groups in total. The van der Waals surface area contributed by atoms with E-state index in [1.807, 2.05) is 32.0 Å². The fourth-order valence-corrected chi connectivity index (χ4v) is 1.62. The van der Waals surface area contributed by atoms with E-state index in [-0.39, 0.29) is 0 Å². The normalized spacial score (nSPS) is 10.4. The lowest BCUT2D eigenvalue weighted by Gasteiger charge is -2.08. The lowest BCUT2D eigenvalue weighted by atomic mass is 10.1. The third kappa shape index (κ3) is 2.84. The van der Waals surface area contributed by atoms with Gasteiger partial charge in [0.25, 0.3) is 0 Å². The molecule has 0 saturated carbocycles. The summed E-state index contributed by atoms with van der Waals surface area (Å²) in [5, 5.41) is 0. The van der Waals surface area contributed by atoms with Crippen LogP contribution >= 0.6 is 0 Å². The highest BCUT2D eigenvalue weighted by atomic mass is 16.5. The van der Waals surface area contributed by atoms with Crippen molar-refractivity contribution >= 4 is 0 Å². The number of aryl methyl sites for hydroxylation is 1. The van der Waals surface area contributed by atoms with Gasteiger partial charge in [-0.2, -0.15) is 0 Å². The zero-order valence-electron chi connectivity index (χ0n) is 10.7. The zero-order valence-corrected chi connectivity index (χ0v) is 10.7. The first-order valence-corrected chi connectivity index (χ1v) is 5.96. The largest absolute Gasteiger partial charge is 0.424 e. The van der Waals surface area contributed by atoms with Crippen LogP contribution in [0.2, 0.25) is 0 Å². The second-order valence-corrected chi connectivity index (χ2v) is 4.21. The molecule has 0 aliphatic heterocycles. The maximum Gasteiger partial charge on any atom is 0.321 e. The van der Waals surface area contributed by atoms with Gasteiger partial charge in [-0.1, -0.05) is 12.1 Å². The van der Waals surface area contributed by atoms with Gasteiger partial charge < -0.3 is 10.5 Å². The summed E-state index contributed by atoms with van der Waals surface area (Å²) in [6.07, 6.45) is 4.28. The Morgan fingerprint density at radius 1 is 1.17 bits per heavy atom. The van der Waals surface area contributed by atoms with E-state index < -0.39 is 0 Å². The lowest BCUT2D eigenvalue weighted by Crippen LogP contribution is -2.04. The highest BCUT2D eigenvalue weighted by molar-refractivity contribution is 5.39. The van der Waals surface area contributed by atoms with E-state index in [4.69, 9.17) is 10.5 Å². The van der Waals surface area contributed by atoms with Gasteiger partial charge in [0.05, 0.1) is 0 Å². The van der Waals surface area contributed by atoms with Crippen molar-refractivity contribution in [2.75, 3.05) is 6.54 Å². The molecule has 0 atom stereocenters. The quantitative estimate of drug-likeness (QED) is 0.895. The van der Waals surface area contributed by atoms with Crippen LogP contribution in [-0.4, -0.2) is 16.5 Å². The Morgan fingerprint density at radius 3 is 2.56 bits per heavy atom. The fraction of sp³-hybridized carbons (Fsp3) is 0.286. The van der Waals surface area contributed by atoms with Crippen molar-refractivity contribution in [3.63, 3.8) is 0 Å². The molecular weight excluding hydrogens is 226 g/mol. The molecular formula is C14H17N3O. The SMILES string of the molecule is Cc1cccc(Oc2ncc(CCN)cn2)c1C. The van der Waals surface area contributed by atoms with Crippen LogP contribution in [0.5, 0.6) is 11.8 Å². The number of hydrogen-bond acceptors (Lipinski definition) is 4. The first-order valence-electron chi connectivity index (χ1n) is 5.96. The molecule has 0 saturated heterocycles. The molecule has 0 radical (unpaired) electrons. The maximum absolute atomic E-state index is 5.67. The molecule has 4 nitrogen and oxygen atoms in total. The van der Waals surface area contributed by atoms with Gasteiger partial charge in [0, 0.05) is 12.4 Å². The second-order valence-electron chi connectivity index (χ2n) is 4.21. The third-order valence-electron chi connectivity index (χ3n) is 2.87. The lowest BCUT2D eigenvalue weighted by molar-refractivity contribution is 0.437. The minimum absolute atomic E-state index is 0.365. The molecule has 1 aromatic heterocycles. The monoisotopic (exact) mass is 243 g/mol. The predicted molar refractivity (Wildman–Crippen MR) is 70.8 cm³/mol. The van der Waals surface area contributed by atoms with Gasteiger partial charge in [0.1, 0.15) is 5.75 Å². The van der Waals surface area contributed by atoms with E-state index in [0.717, 1.165) is 23.3 Å². The van der Waals surface area contributed by atoms with Gasteiger partial charge in [-0.15, -0.1) is 0 Å². The summed E-state index contributed by atoms with van der Waals surface area (Å²) in [6, 6.07) is 6.29. The summed E-state index contributed by atoms with van der Waals surface area (Å²) in [5.41, 5.74) is 8.78. The number of nitrogens with two attached hydrogens (primary N) is 1. The maximum atomic E-state index is 5.67. The van der Waals surface area contributed by atoms with Crippen LogP contribution in [0.4, 0.5) is 0 Å². The first-order chi connectivity index (χ1) is 8.70. The molecule has 0 aliphatic rings. The Bertz CT molecular complexity index is 523. The van der Waals surface area contributed by atoms with Crippen molar-refractivity contribution in [1.82, 2.24) is 9.97 Å². The van der Waals surface area contributed by atoms with Gasteiger partial charge in [0.2, 0.25) is 0 Å². The summed E-state index contributed by atoms with van der Waals surface area (Å²) in [4.78, 5) is 8.35. The minimum Gasteiger partial charge on any atom is -0.424 e. The van der Waals surface area contributed by atoms with E-state index in [9.17, 15) is 0 Å². The Hall–Kier alpha value is -1.94. The number of rotatable bonds is 4. The first kappa shape index (κ1) is 12.5. The van der Waals surface area contributed by atoms with E-state index >= 15 is 0 Å². The van der Waals surface area contributed by atoms with Crippen molar-refractivity contribution in [3.8, 4) is 11.8 Å². The summed E-state index contributed by atoms with van der Waals surface area (Å²) >= 11 is 0. The Balaban J connectivity index is 2.16. The van der Waals surface area contributed by atoms with Crippen molar-refractivity contribution < 1.29 is 4.74 Å². The van der Waals surface area contributed by atoms with Gasteiger partial charge >= 0.3 is 6.01 Å². The van der Waals surface area contributed by atoms with Crippen LogP contribution in [0, 0.1) is 13.8 Å². The van der Waals surface area contributed by atoms with Crippen LogP contribution in [0.25, 0.3) is 0 Å². The zero-order chi connectivity index (χ0) is 13.0. The molecule has 1 heterocycles. The Morgan fingerprint density at radius 2 is 1.89 bits per heavy atom. The molecule has 2 aromatic rings. The van der Waals surface area contributed by atoms with E-state index in [0.29, 0.717) is 12.6 Å². The van der Waals surface area contributed by atoms with Crippen LogP contribution in [0.3, 0.4) is 0 Å². The van der Waals surface area contributed by atoms with Crippen LogP contribution < -0.4 is 10.5 Å². The highest BCUT2D eigenvalue weighted by Crippen LogP contribution is 2.24. The fourth-order valence-electron chi connectivity index (χ4n) is 1.62. The van der Waals surface area contributed by atoms with E-state index in [1.54, 1.807) is 12.4 Å². The van der Waals surface area contributed by atoms with Crippen LogP contribution in [0.1, 0.15) is 16.7 Å². The van der Waals surface area contributed by atoms with Crippen LogP contribution in [0.15, 0.2) is 30.6 Å². The minimum atomic E-state index is 0.365. The Kier molecular flexibility index (Phi) is 3.89. The number of ether oxygens (including phenoxy) is 1. The summed E-state index contributed by atoms with van der Waals surface area (Å²) in [7, 11) is 0. The standard InChI is InChI=1S/C14H17N3O/c1-10-4-3-5-13(11(10)2)18-14-16-8-12(6-7-15)9-17-14/h3-5,8-9H,6-7,15H2,1-2H3. The molecule has 2 rings (SSSR count). The van der Waals surface area contributed by atoms with Gasteiger partial charge in [-0.05, 0) is 49.6 Å². The molecule has 4 heteroatoms. The van der Waals surface area contributed by atoms with Crippen molar-refractivity contribution in [2.24, 2.45) is 5.73 Å². The summed E-state index contributed by atoms with van der Waals surface area (Å²) < 4.78 is 5.67. The highest BCUT2D eigenvalue weighted by Gasteiger charge is 2.05. The average molecular weight is 243 g/mol. The number of aromatic nitrogens is 2. The molecule has 94 valence electrons. The molecule has 0 amide bonds. The molecule has 1 aromatic carbocycles. The van der Waals surface area contributed by atoms with Crippen molar-refractivity contribution in [1.29, 1.82) is 0 Å². The number of benzene rings is 1. The molecule has 0 aliphatic carbocycles. The summed E-state index contributed by atoms with van der Waals surface area (Å²) in [6.45, 7) is 4.67. The molecule has 18 heavy (non-hydrogen) atoms. The molecule has 0 fully saturated rings. The Labute approximate surface area is 107 Å². The van der Waals surface area contributed by atoms with Crippen LogP contribution in [-0.2, 0) is 6.42 Å². The van der Waals surface area contributed by atoms with Crippen molar-refractivity contribution in [3.05, 3.63) is 47.3 Å². The molecule has 0 bridgehead atoms. The molecule has 0 unspecified atom stereocenters. The van der Waals surface area contributed by atoms with Crippen molar-refractivity contribution in [2.45, 2.75) is 20.3 Å². The summed E-state index contributed by atoms with van der Waals surface area (Å²) in [5.74, 6) is 0.793. The van der Waals surface area contributed by atoms with E-state index in [1.165, 1.54) is 5.56 Å². The number of nitrogens with zero attached hydrogens (tertiary/aromatic N) is 2. The third-order valence-corrected chi connectivity index (χ3v) is 2.87.